The molecule has 1 aliphatic heterocycles. The minimum absolute atomic E-state index is 0.0273. The van der Waals surface area contributed by atoms with E-state index in [1.54, 1.807) is 18.4 Å². The van der Waals surface area contributed by atoms with E-state index in [9.17, 15) is 4.79 Å². The Morgan fingerprint density at radius 1 is 0.943 bits per heavy atom. The zero-order valence-electron chi connectivity index (χ0n) is 20.4. The number of thiophene rings is 1. The highest BCUT2D eigenvalue weighted by Crippen LogP contribution is 2.42. The number of ketones is 1. The molecule has 3 aromatic carbocycles. The average Bonchev–Trinajstić information content (AvgIpc) is 3.28. The summed E-state index contributed by atoms with van der Waals surface area (Å²) in [6.45, 7) is 6.04. The van der Waals surface area contributed by atoms with Crippen LogP contribution in [-0.4, -0.2) is 44.0 Å². The minimum Gasteiger partial charge on any atom is -0.497 e. The summed E-state index contributed by atoms with van der Waals surface area (Å²) in [4.78, 5) is 17.3. The summed E-state index contributed by atoms with van der Waals surface area (Å²) in [7, 11) is 1.67. The number of likely N-dealkylation sites (tertiary alicyclic amines) is 1. The monoisotopic (exact) mass is 485 g/mol. The number of hydrogen-bond acceptors (Lipinski definition) is 5. The van der Waals surface area contributed by atoms with Gasteiger partial charge in [-0.05, 0) is 86.4 Å². The Morgan fingerprint density at radius 2 is 1.69 bits per heavy atom. The van der Waals surface area contributed by atoms with Crippen LogP contribution in [0.15, 0.2) is 66.7 Å². The summed E-state index contributed by atoms with van der Waals surface area (Å²) in [6, 6.07) is 21.8. The molecule has 0 radical (unpaired) electrons. The van der Waals surface area contributed by atoms with E-state index in [4.69, 9.17) is 9.47 Å². The van der Waals surface area contributed by atoms with Crippen LogP contribution in [-0.2, 0) is 0 Å². The molecule has 35 heavy (non-hydrogen) atoms. The predicted molar refractivity (Wildman–Crippen MR) is 144 cm³/mol. The number of rotatable bonds is 8. The van der Waals surface area contributed by atoms with E-state index in [-0.39, 0.29) is 5.78 Å². The predicted octanol–water partition coefficient (Wildman–Crippen LogP) is 6.98. The molecule has 0 bridgehead atoms. The van der Waals surface area contributed by atoms with Crippen LogP contribution in [0.1, 0.15) is 40.7 Å². The Labute approximate surface area is 211 Å². The van der Waals surface area contributed by atoms with Gasteiger partial charge < -0.3 is 9.47 Å². The SMILES string of the molecule is COc1ccc2c(C(=O)c3ccc(OCCN4CCCCC4)cc3)c(-c3ccccc3C)sc2c1. The second-order valence-corrected chi connectivity index (χ2v) is 10.1. The van der Waals surface area contributed by atoms with Crippen molar-refractivity contribution in [1.82, 2.24) is 4.90 Å². The molecule has 1 saturated heterocycles. The number of ether oxygens (including phenoxy) is 2. The lowest BCUT2D eigenvalue weighted by Gasteiger charge is -2.26. The molecule has 2 heterocycles. The van der Waals surface area contributed by atoms with Gasteiger partial charge in [0.15, 0.2) is 5.78 Å². The summed E-state index contributed by atoms with van der Waals surface area (Å²) >= 11 is 1.64. The summed E-state index contributed by atoms with van der Waals surface area (Å²) in [6.07, 6.45) is 3.90. The van der Waals surface area contributed by atoms with E-state index in [0.29, 0.717) is 12.2 Å². The van der Waals surface area contributed by atoms with Crippen LogP contribution in [0.4, 0.5) is 0 Å². The number of nitrogens with zero attached hydrogens (tertiary/aromatic N) is 1. The number of benzene rings is 3. The molecule has 4 aromatic rings. The third-order valence-electron chi connectivity index (χ3n) is 6.76. The molecule has 0 N–H and O–H groups in total. The summed E-state index contributed by atoms with van der Waals surface area (Å²) in [5.74, 6) is 1.62. The number of methoxy groups -OCH3 is 1. The topological polar surface area (TPSA) is 38.8 Å². The zero-order valence-corrected chi connectivity index (χ0v) is 21.2. The fourth-order valence-electron chi connectivity index (χ4n) is 4.77. The van der Waals surface area contributed by atoms with Gasteiger partial charge in [-0.1, -0.05) is 30.7 Å². The molecular weight excluding hydrogens is 454 g/mol. The van der Waals surface area contributed by atoms with Crippen molar-refractivity contribution >= 4 is 27.2 Å². The Morgan fingerprint density at radius 3 is 2.43 bits per heavy atom. The lowest BCUT2D eigenvalue weighted by Crippen LogP contribution is -2.33. The highest BCUT2D eigenvalue weighted by atomic mass is 32.1. The van der Waals surface area contributed by atoms with Crippen molar-refractivity contribution in [2.75, 3.05) is 33.4 Å². The number of carbonyl (C=O) groups is 1. The van der Waals surface area contributed by atoms with Gasteiger partial charge in [0.25, 0.3) is 0 Å². The molecule has 0 amide bonds. The fourth-order valence-corrected chi connectivity index (χ4v) is 6.09. The minimum atomic E-state index is 0.0273. The molecule has 0 unspecified atom stereocenters. The molecule has 0 atom stereocenters. The summed E-state index contributed by atoms with van der Waals surface area (Å²) in [5.41, 5.74) is 3.66. The molecule has 5 rings (SSSR count). The lowest BCUT2D eigenvalue weighted by molar-refractivity contribution is 0.104. The Balaban J connectivity index is 1.41. The van der Waals surface area contributed by atoms with E-state index in [2.05, 4.69) is 24.0 Å². The van der Waals surface area contributed by atoms with Crippen molar-refractivity contribution in [3.8, 4) is 21.9 Å². The second kappa shape index (κ2) is 10.6. The Hall–Kier alpha value is -3.15. The van der Waals surface area contributed by atoms with Gasteiger partial charge in [0.05, 0.1) is 7.11 Å². The molecule has 0 aliphatic carbocycles. The average molecular weight is 486 g/mol. The Bertz CT molecular complexity index is 1320. The van der Waals surface area contributed by atoms with Crippen molar-refractivity contribution in [2.24, 2.45) is 0 Å². The zero-order chi connectivity index (χ0) is 24.2. The first-order valence-corrected chi connectivity index (χ1v) is 13.1. The highest BCUT2D eigenvalue weighted by Gasteiger charge is 2.23. The molecule has 1 aliphatic rings. The van der Waals surface area contributed by atoms with Crippen LogP contribution >= 0.6 is 11.3 Å². The van der Waals surface area contributed by atoms with Crippen molar-refractivity contribution < 1.29 is 14.3 Å². The largest absolute Gasteiger partial charge is 0.497 e. The van der Waals surface area contributed by atoms with Crippen LogP contribution in [0, 0.1) is 6.92 Å². The number of carbonyl (C=O) groups excluding carboxylic acids is 1. The van der Waals surface area contributed by atoms with Crippen LogP contribution in [0.25, 0.3) is 20.5 Å². The maximum Gasteiger partial charge on any atom is 0.195 e. The second-order valence-electron chi connectivity index (χ2n) is 9.09. The molecular formula is C30H31NO3S. The normalized spacial score (nSPS) is 14.2. The fraction of sp³-hybridized carbons (Fsp3) is 0.300. The standard InChI is InChI=1S/C30H31NO3S/c1-21-8-4-5-9-25(21)30-28(26-15-14-24(33-2)20-27(26)35-30)29(32)22-10-12-23(13-11-22)34-19-18-31-16-6-3-7-17-31/h4-5,8-15,20H,3,6-7,16-19H2,1-2H3. The van der Waals surface area contributed by atoms with Gasteiger partial charge in [0.2, 0.25) is 0 Å². The van der Waals surface area contributed by atoms with Crippen molar-refractivity contribution in [1.29, 1.82) is 0 Å². The van der Waals surface area contributed by atoms with E-state index < -0.39 is 0 Å². The van der Waals surface area contributed by atoms with Gasteiger partial charge in [0, 0.05) is 32.6 Å². The van der Waals surface area contributed by atoms with Crippen LogP contribution in [0.5, 0.6) is 11.5 Å². The number of piperidine rings is 1. The molecule has 4 nitrogen and oxygen atoms in total. The maximum atomic E-state index is 13.8. The third-order valence-corrected chi connectivity index (χ3v) is 7.94. The smallest absolute Gasteiger partial charge is 0.195 e. The highest BCUT2D eigenvalue weighted by molar-refractivity contribution is 7.22. The van der Waals surface area contributed by atoms with Gasteiger partial charge in [-0.15, -0.1) is 11.3 Å². The van der Waals surface area contributed by atoms with E-state index in [0.717, 1.165) is 49.7 Å². The van der Waals surface area contributed by atoms with E-state index in [1.165, 1.54) is 32.4 Å². The van der Waals surface area contributed by atoms with Crippen molar-refractivity contribution in [2.45, 2.75) is 26.2 Å². The van der Waals surface area contributed by atoms with Crippen LogP contribution in [0.2, 0.25) is 0 Å². The summed E-state index contributed by atoms with van der Waals surface area (Å²) in [5, 5.41) is 0.959. The van der Waals surface area contributed by atoms with Crippen LogP contribution < -0.4 is 9.47 Å². The first-order chi connectivity index (χ1) is 17.1. The van der Waals surface area contributed by atoms with Gasteiger partial charge in [-0.3, -0.25) is 9.69 Å². The number of hydrogen-bond donors (Lipinski definition) is 0. The molecule has 5 heteroatoms. The molecule has 1 aromatic heterocycles. The van der Waals surface area contributed by atoms with Crippen molar-refractivity contribution in [3.63, 3.8) is 0 Å². The van der Waals surface area contributed by atoms with E-state index in [1.807, 2.05) is 54.6 Å². The van der Waals surface area contributed by atoms with Gasteiger partial charge in [0.1, 0.15) is 18.1 Å². The molecule has 0 spiro atoms. The first kappa shape index (κ1) is 23.6. The molecule has 180 valence electrons. The van der Waals surface area contributed by atoms with Crippen LogP contribution in [0.3, 0.4) is 0 Å². The number of aryl methyl sites for hydroxylation is 1. The third kappa shape index (κ3) is 5.12. The van der Waals surface area contributed by atoms with Crippen molar-refractivity contribution in [3.05, 3.63) is 83.4 Å². The first-order valence-electron chi connectivity index (χ1n) is 12.3. The summed E-state index contributed by atoms with van der Waals surface area (Å²) < 4.78 is 12.5. The quantitative estimate of drug-likeness (QED) is 0.252. The van der Waals surface area contributed by atoms with E-state index >= 15 is 0 Å². The van der Waals surface area contributed by atoms with Gasteiger partial charge in [-0.2, -0.15) is 0 Å². The van der Waals surface area contributed by atoms with Gasteiger partial charge >= 0.3 is 0 Å². The van der Waals surface area contributed by atoms with Gasteiger partial charge in [-0.25, -0.2) is 0 Å². The lowest BCUT2D eigenvalue weighted by atomic mass is 9.96. The maximum absolute atomic E-state index is 13.8. The molecule has 0 saturated carbocycles. The molecule has 1 fully saturated rings. The number of fused-ring (bicyclic) bond motifs is 1. The Kier molecular flexibility index (Phi) is 7.16.